The number of hydrogen-bond donors (Lipinski definition) is 5. The predicted octanol–water partition coefficient (Wildman–Crippen LogP) is 1.96. The summed E-state index contributed by atoms with van der Waals surface area (Å²) in [6.07, 6.45) is -9.77. The largest absolute Gasteiger partial charge is 0.459 e. The Labute approximate surface area is 303 Å². The van der Waals surface area contributed by atoms with Crippen LogP contribution in [0.25, 0.3) is 0 Å². The van der Waals surface area contributed by atoms with Crippen LogP contribution in [0.3, 0.4) is 0 Å². The molecule has 19 atom stereocenters. The number of carbonyl (C=O) groups is 1. The number of hydrogen-bond acceptors (Lipinski definition) is 15. The fourth-order valence-electron chi connectivity index (χ4n) is 8.38. The van der Waals surface area contributed by atoms with Crippen LogP contribution < -0.4 is 0 Å². The number of nitroso groups, excluding NO2 is 1. The van der Waals surface area contributed by atoms with Gasteiger partial charge >= 0.3 is 5.97 Å². The van der Waals surface area contributed by atoms with Gasteiger partial charge in [-0.2, -0.15) is 4.91 Å². The second kappa shape index (κ2) is 17.0. The number of carbonyl (C=O) groups excluding carboxylic acids is 1. The van der Waals surface area contributed by atoms with Crippen LogP contribution in [0.5, 0.6) is 0 Å². The minimum Gasteiger partial charge on any atom is -0.459 e. The average molecular weight is 735 g/mol. The molecule has 0 aromatic carbocycles. The lowest BCUT2D eigenvalue weighted by molar-refractivity contribution is -0.318. The third kappa shape index (κ3) is 9.48. The van der Waals surface area contributed by atoms with Crippen molar-refractivity contribution in [3.8, 4) is 0 Å². The number of methoxy groups -OCH3 is 1. The van der Waals surface area contributed by atoms with Gasteiger partial charge in [0.15, 0.2) is 12.6 Å². The van der Waals surface area contributed by atoms with Crippen molar-refractivity contribution in [2.75, 3.05) is 21.2 Å². The van der Waals surface area contributed by atoms with E-state index in [2.05, 4.69) is 5.18 Å². The standard InChI is InChI=1S/C36H66N2O13/c1-17-15-34(8,43)31(51-33-27(39)24(38(11)12)14-18(2)47-33)20(4)28(50-25-16-35(9,46-13)30(41)22(6)48-25)21(5)32(42)49-23(7)36(10,44)29(40)19(3)26(17)37-45/h17-31,33,39-41,43-44H,14-16H2,1-13H3/t17-,18?,19+,20+,21-,22?,23-,24?,25?,26?,27?,28+,29-,30?,31-,33?,34+,35?,36-/m1/s1. The van der Waals surface area contributed by atoms with Gasteiger partial charge < -0.3 is 58.9 Å². The molecule has 51 heavy (non-hydrogen) atoms. The Morgan fingerprint density at radius 2 is 1.49 bits per heavy atom. The normalized spacial score (nSPS) is 51.1. The lowest BCUT2D eigenvalue weighted by atomic mass is 9.73. The molecule has 0 radical (unpaired) electrons. The van der Waals surface area contributed by atoms with Gasteiger partial charge in [0.1, 0.15) is 23.9 Å². The number of nitrogens with zero attached hydrogens (tertiary/aromatic N) is 2. The smallest absolute Gasteiger partial charge is 0.311 e. The molecule has 0 aliphatic carbocycles. The molecule has 3 heterocycles. The summed E-state index contributed by atoms with van der Waals surface area (Å²) in [5.74, 6) is -4.24. The van der Waals surface area contributed by atoms with Crippen LogP contribution in [0.15, 0.2) is 5.18 Å². The summed E-state index contributed by atoms with van der Waals surface area (Å²) in [7, 11) is 5.17. The molecular formula is C36H66N2O13. The molecule has 298 valence electrons. The van der Waals surface area contributed by atoms with Crippen molar-refractivity contribution in [2.24, 2.45) is 28.8 Å². The van der Waals surface area contributed by atoms with Gasteiger partial charge in [-0.3, -0.25) is 4.79 Å². The molecule has 0 spiro atoms. The Hall–Kier alpha value is -1.37. The van der Waals surface area contributed by atoms with E-state index in [4.69, 9.17) is 28.4 Å². The number of rotatable bonds is 7. The lowest BCUT2D eigenvalue weighted by Crippen LogP contribution is -2.61. The van der Waals surface area contributed by atoms with Crippen LogP contribution in [-0.4, -0.2) is 148 Å². The number of likely N-dealkylation sites (N-methyl/N-ethyl adjacent to an activating group) is 1. The maximum atomic E-state index is 14.0. The van der Waals surface area contributed by atoms with Crippen molar-refractivity contribution in [3.63, 3.8) is 0 Å². The lowest BCUT2D eigenvalue weighted by Gasteiger charge is -2.49. The predicted molar refractivity (Wildman–Crippen MR) is 186 cm³/mol. The summed E-state index contributed by atoms with van der Waals surface area (Å²) in [5, 5.41) is 60.9. The second-order valence-corrected chi connectivity index (χ2v) is 16.6. The van der Waals surface area contributed by atoms with E-state index in [9.17, 15) is 35.2 Å². The third-order valence-corrected chi connectivity index (χ3v) is 12.0. The van der Waals surface area contributed by atoms with E-state index < -0.39 is 108 Å². The first-order valence-corrected chi connectivity index (χ1v) is 18.3. The van der Waals surface area contributed by atoms with Crippen LogP contribution in [0.4, 0.5) is 0 Å². The Bertz CT molecular complexity index is 1160. The Morgan fingerprint density at radius 1 is 0.882 bits per heavy atom. The molecule has 3 fully saturated rings. The molecule has 3 aliphatic heterocycles. The van der Waals surface area contributed by atoms with Gasteiger partial charge in [0.05, 0.1) is 53.7 Å². The Morgan fingerprint density at radius 3 is 2.04 bits per heavy atom. The van der Waals surface area contributed by atoms with Gasteiger partial charge in [-0.15, -0.1) is 0 Å². The molecule has 3 saturated heterocycles. The van der Waals surface area contributed by atoms with Gasteiger partial charge in [0.25, 0.3) is 0 Å². The Kier molecular flexibility index (Phi) is 14.7. The molecule has 0 bridgehead atoms. The molecule has 0 saturated carbocycles. The molecule has 9 unspecified atom stereocenters. The van der Waals surface area contributed by atoms with E-state index in [-0.39, 0.29) is 25.0 Å². The maximum Gasteiger partial charge on any atom is 0.311 e. The van der Waals surface area contributed by atoms with E-state index in [1.54, 1.807) is 41.5 Å². The first-order valence-electron chi connectivity index (χ1n) is 18.3. The highest BCUT2D eigenvalue weighted by atomic mass is 16.7. The van der Waals surface area contributed by atoms with E-state index in [1.807, 2.05) is 25.9 Å². The first-order chi connectivity index (χ1) is 23.4. The fourth-order valence-corrected chi connectivity index (χ4v) is 8.38. The van der Waals surface area contributed by atoms with E-state index in [0.717, 1.165) is 0 Å². The number of cyclic esters (lactones) is 1. The van der Waals surface area contributed by atoms with Crippen molar-refractivity contribution in [3.05, 3.63) is 4.91 Å². The van der Waals surface area contributed by atoms with Crippen LogP contribution in [-0.2, 0) is 33.2 Å². The summed E-state index contributed by atoms with van der Waals surface area (Å²) in [4.78, 5) is 28.2. The van der Waals surface area contributed by atoms with Crippen molar-refractivity contribution in [2.45, 2.75) is 179 Å². The molecule has 3 rings (SSSR count). The van der Waals surface area contributed by atoms with E-state index >= 15 is 0 Å². The fraction of sp³-hybridized carbons (Fsp3) is 0.972. The van der Waals surface area contributed by atoms with Gasteiger partial charge in [-0.1, -0.05) is 25.9 Å². The van der Waals surface area contributed by atoms with Crippen molar-refractivity contribution in [1.82, 2.24) is 4.90 Å². The zero-order valence-electron chi connectivity index (χ0n) is 32.8. The number of aliphatic hydroxyl groups excluding tert-OH is 3. The average Bonchev–Trinajstić information content (AvgIpc) is 3.04. The minimum absolute atomic E-state index is 0.0703. The van der Waals surface area contributed by atoms with E-state index in [0.29, 0.717) is 6.42 Å². The molecule has 0 aromatic rings. The maximum absolute atomic E-state index is 14.0. The second-order valence-electron chi connectivity index (χ2n) is 16.6. The third-order valence-electron chi connectivity index (χ3n) is 12.0. The van der Waals surface area contributed by atoms with Crippen LogP contribution in [0, 0.1) is 28.6 Å². The number of ether oxygens (including phenoxy) is 6. The molecule has 3 aliphatic rings. The number of esters is 1. The molecule has 5 N–H and O–H groups in total. The summed E-state index contributed by atoms with van der Waals surface area (Å²) in [6.45, 7) is 16.2. The van der Waals surface area contributed by atoms with Gasteiger partial charge in [-0.05, 0) is 81.3 Å². The van der Waals surface area contributed by atoms with Crippen LogP contribution >= 0.6 is 0 Å². The van der Waals surface area contributed by atoms with Gasteiger partial charge in [0.2, 0.25) is 0 Å². The summed E-state index contributed by atoms with van der Waals surface area (Å²) in [5.41, 5.74) is -4.81. The minimum atomic E-state index is -1.98. The zero-order valence-corrected chi connectivity index (χ0v) is 32.8. The topological polar surface area (TPSA) is 206 Å². The van der Waals surface area contributed by atoms with Crippen molar-refractivity contribution in [1.29, 1.82) is 0 Å². The van der Waals surface area contributed by atoms with Gasteiger partial charge in [-0.25, -0.2) is 0 Å². The molecule has 0 aromatic heterocycles. The van der Waals surface area contributed by atoms with Crippen molar-refractivity contribution >= 4 is 5.97 Å². The summed E-state index contributed by atoms with van der Waals surface area (Å²) in [6, 6.07) is -1.40. The SMILES string of the molecule is COC1(C)CC(O[C@H]2[C@H](C)[C@@H](OC3OC(C)CC(N(C)C)C3O)[C@@](C)(O)C[C@@H](C)C(N=O)[C@H](C)[C@@H](O)[C@](C)(O)[C@@H](C)OC(=O)[C@@H]2C)OC(C)C1O. The molecule has 15 heteroatoms. The molecule has 15 nitrogen and oxygen atoms in total. The summed E-state index contributed by atoms with van der Waals surface area (Å²) < 4.78 is 36.9. The van der Waals surface area contributed by atoms with Crippen LogP contribution in [0.1, 0.15) is 88.5 Å². The molecular weight excluding hydrogens is 668 g/mol. The van der Waals surface area contributed by atoms with Crippen LogP contribution in [0.2, 0.25) is 0 Å². The highest BCUT2D eigenvalue weighted by molar-refractivity contribution is 5.73. The highest BCUT2D eigenvalue weighted by Crippen LogP contribution is 2.41. The summed E-state index contributed by atoms with van der Waals surface area (Å²) >= 11 is 0. The highest BCUT2D eigenvalue weighted by Gasteiger charge is 2.53. The first kappa shape index (κ1) is 44.0. The van der Waals surface area contributed by atoms with Crippen molar-refractivity contribution < 1.29 is 58.7 Å². The molecule has 0 amide bonds. The number of aliphatic hydroxyl groups is 5. The Balaban J connectivity index is 2.18. The zero-order chi connectivity index (χ0) is 39.0. The quantitative estimate of drug-likeness (QED) is 0.187. The monoisotopic (exact) mass is 734 g/mol. The van der Waals surface area contributed by atoms with Gasteiger partial charge in [0, 0.05) is 31.4 Å². The van der Waals surface area contributed by atoms with E-state index in [1.165, 1.54) is 27.9 Å².